The van der Waals surface area contributed by atoms with Crippen molar-refractivity contribution in [3.05, 3.63) is 0 Å². The predicted molar refractivity (Wildman–Crippen MR) is 131 cm³/mol. The van der Waals surface area contributed by atoms with Gasteiger partial charge in [-0.25, -0.2) is 0 Å². The summed E-state index contributed by atoms with van der Waals surface area (Å²) >= 11 is 0. The Balaban J connectivity index is 0.00000280. The largest absolute Gasteiger partial charge is 0.357 e. The van der Waals surface area contributed by atoms with Crippen LogP contribution in [0.5, 0.6) is 0 Å². The van der Waals surface area contributed by atoms with Crippen molar-refractivity contribution in [2.45, 2.75) is 77.2 Å². The Morgan fingerprint density at radius 1 is 0.964 bits per heavy atom. The highest BCUT2D eigenvalue weighted by Gasteiger charge is 2.38. The van der Waals surface area contributed by atoms with Crippen molar-refractivity contribution in [1.82, 2.24) is 20.4 Å². The molecular formula is C22H44IN5. The van der Waals surface area contributed by atoms with Crippen LogP contribution in [0.1, 0.15) is 71.6 Å². The summed E-state index contributed by atoms with van der Waals surface area (Å²) in [6.45, 7) is 13.7. The third-order valence-corrected chi connectivity index (χ3v) is 7.06. The molecule has 2 heterocycles. The van der Waals surface area contributed by atoms with Crippen LogP contribution in [0.3, 0.4) is 0 Å². The Kier molecular flexibility index (Phi) is 10.9. The van der Waals surface area contributed by atoms with E-state index in [9.17, 15) is 0 Å². The van der Waals surface area contributed by atoms with Gasteiger partial charge < -0.3 is 15.5 Å². The third-order valence-electron chi connectivity index (χ3n) is 7.06. The van der Waals surface area contributed by atoms with E-state index in [1.54, 1.807) is 0 Å². The van der Waals surface area contributed by atoms with Gasteiger partial charge in [0.2, 0.25) is 0 Å². The molecule has 1 atom stereocenters. The van der Waals surface area contributed by atoms with Crippen LogP contribution in [0, 0.1) is 5.92 Å². The number of hydrogen-bond donors (Lipinski definition) is 2. The maximum Gasteiger partial charge on any atom is 0.191 e. The standard InChI is InChI=1S/C22H43N5.HI/c1-3-23-21(24-17-20-11-16-26(4-2)18-20)25-19-22(12-7-5-8-13-22)27-14-9-6-10-15-27;/h20H,3-19H2,1-2H3,(H2,23,24,25);1H. The van der Waals surface area contributed by atoms with E-state index in [0.717, 1.165) is 31.5 Å². The molecule has 1 saturated carbocycles. The van der Waals surface area contributed by atoms with Gasteiger partial charge >= 0.3 is 0 Å². The molecule has 2 N–H and O–H groups in total. The summed E-state index contributed by atoms with van der Waals surface area (Å²) in [6, 6.07) is 0. The van der Waals surface area contributed by atoms with E-state index in [1.165, 1.54) is 90.5 Å². The molecule has 3 fully saturated rings. The predicted octanol–water partition coefficient (Wildman–Crippen LogP) is 3.69. The summed E-state index contributed by atoms with van der Waals surface area (Å²) in [7, 11) is 0. The van der Waals surface area contributed by atoms with Crippen LogP contribution >= 0.6 is 24.0 Å². The SMILES string of the molecule is CCNC(=NCC1(N2CCCCC2)CCCCC1)NCC1CCN(CC)C1.I. The van der Waals surface area contributed by atoms with Crippen LogP contribution in [0.2, 0.25) is 0 Å². The summed E-state index contributed by atoms with van der Waals surface area (Å²) in [5, 5.41) is 7.16. The Morgan fingerprint density at radius 3 is 2.32 bits per heavy atom. The minimum Gasteiger partial charge on any atom is -0.357 e. The van der Waals surface area contributed by atoms with Crippen molar-refractivity contribution in [2.75, 3.05) is 52.4 Å². The molecule has 2 saturated heterocycles. The van der Waals surface area contributed by atoms with E-state index in [1.807, 2.05) is 0 Å². The normalized spacial score (nSPS) is 26.6. The summed E-state index contributed by atoms with van der Waals surface area (Å²) in [5.74, 6) is 1.80. The van der Waals surface area contributed by atoms with Gasteiger partial charge in [-0.15, -0.1) is 24.0 Å². The number of nitrogens with one attached hydrogen (secondary N) is 2. The summed E-state index contributed by atoms with van der Waals surface area (Å²) in [6.07, 6.45) is 12.3. The van der Waals surface area contributed by atoms with Gasteiger partial charge in [-0.2, -0.15) is 0 Å². The molecule has 28 heavy (non-hydrogen) atoms. The second-order valence-corrected chi connectivity index (χ2v) is 8.96. The highest BCUT2D eigenvalue weighted by Crippen LogP contribution is 2.35. The average molecular weight is 506 g/mol. The smallest absolute Gasteiger partial charge is 0.191 e. The molecule has 0 aromatic heterocycles. The van der Waals surface area contributed by atoms with Gasteiger partial charge in [-0.1, -0.05) is 32.6 Å². The van der Waals surface area contributed by atoms with Crippen LogP contribution in [-0.2, 0) is 0 Å². The Hall–Kier alpha value is -0.0800. The van der Waals surface area contributed by atoms with Crippen LogP contribution in [0.25, 0.3) is 0 Å². The van der Waals surface area contributed by atoms with Crippen molar-refractivity contribution in [3.63, 3.8) is 0 Å². The number of guanidine groups is 1. The lowest BCUT2D eigenvalue weighted by atomic mass is 9.79. The highest BCUT2D eigenvalue weighted by atomic mass is 127. The van der Waals surface area contributed by atoms with Crippen LogP contribution < -0.4 is 10.6 Å². The second kappa shape index (κ2) is 12.6. The summed E-state index contributed by atoms with van der Waals surface area (Å²) in [4.78, 5) is 10.5. The van der Waals surface area contributed by atoms with Crippen molar-refractivity contribution < 1.29 is 0 Å². The molecule has 0 aromatic rings. The maximum absolute atomic E-state index is 5.12. The van der Waals surface area contributed by atoms with Crippen molar-refractivity contribution in [2.24, 2.45) is 10.9 Å². The zero-order valence-corrected chi connectivity index (χ0v) is 20.7. The van der Waals surface area contributed by atoms with Crippen LogP contribution in [0.15, 0.2) is 4.99 Å². The number of aliphatic imine (C=N–C) groups is 1. The molecule has 0 bridgehead atoms. The first-order valence-electron chi connectivity index (χ1n) is 11.8. The van der Waals surface area contributed by atoms with Gasteiger partial charge in [0.1, 0.15) is 0 Å². The molecule has 0 aromatic carbocycles. The van der Waals surface area contributed by atoms with Crippen molar-refractivity contribution >= 4 is 29.9 Å². The lowest BCUT2D eigenvalue weighted by Gasteiger charge is -2.47. The lowest BCUT2D eigenvalue weighted by Crippen LogP contribution is -2.54. The molecule has 0 amide bonds. The van der Waals surface area contributed by atoms with Gasteiger partial charge in [0, 0.05) is 25.2 Å². The van der Waals surface area contributed by atoms with Gasteiger partial charge in [-0.3, -0.25) is 9.89 Å². The number of piperidine rings is 1. The first-order chi connectivity index (χ1) is 13.3. The van der Waals surface area contributed by atoms with E-state index < -0.39 is 0 Å². The topological polar surface area (TPSA) is 42.9 Å². The number of nitrogens with zero attached hydrogens (tertiary/aromatic N) is 3. The van der Waals surface area contributed by atoms with Crippen molar-refractivity contribution in [3.8, 4) is 0 Å². The zero-order chi connectivity index (χ0) is 19.0. The van der Waals surface area contributed by atoms with E-state index in [4.69, 9.17) is 4.99 Å². The third kappa shape index (κ3) is 6.73. The second-order valence-electron chi connectivity index (χ2n) is 8.96. The first-order valence-corrected chi connectivity index (χ1v) is 11.8. The molecule has 0 radical (unpaired) electrons. The quantitative estimate of drug-likeness (QED) is 0.315. The molecule has 3 aliphatic rings. The fraction of sp³-hybridized carbons (Fsp3) is 0.955. The van der Waals surface area contributed by atoms with E-state index in [0.29, 0.717) is 5.54 Å². The molecule has 3 rings (SSSR count). The molecule has 1 unspecified atom stereocenters. The number of rotatable bonds is 7. The van der Waals surface area contributed by atoms with Gasteiger partial charge in [-0.05, 0) is 71.1 Å². The minimum absolute atomic E-state index is 0. The molecule has 0 spiro atoms. The van der Waals surface area contributed by atoms with Crippen molar-refractivity contribution in [1.29, 1.82) is 0 Å². The summed E-state index contributed by atoms with van der Waals surface area (Å²) < 4.78 is 0. The van der Waals surface area contributed by atoms with Crippen LogP contribution in [0.4, 0.5) is 0 Å². The zero-order valence-electron chi connectivity index (χ0n) is 18.3. The Labute approximate surface area is 190 Å². The molecule has 164 valence electrons. The molecule has 6 heteroatoms. The number of halogens is 1. The summed E-state index contributed by atoms with van der Waals surface area (Å²) in [5.41, 5.74) is 0.327. The molecular weight excluding hydrogens is 461 g/mol. The van der Waals surface area contributed by atoms with Gasteiger partial charge in [0.25, 0.3) is 0 Å². The number of likely N-dealkylation sites (tertiary alicyclic amines) is 2. The molecule has 2 aliphatic heterocycles. The minimum atomic E-state index is 0. The monoisotopic (exact) mass is 505 g/mol. The van der Waals surface area contributed by atoms with Gasteiger partial charge in [0.15, 0.2) is 5.96 Å². The van der Waals surface area contributed by atoms with Gasteiger partial charge in [0.05, 0.1) is 6.54 Å². The first kappa shape index (κ1) is 24.2. The molecule has 1 aliphatic carbocycles. The highest BCUT2D eigenvalue weighted by molar-refractivity contribution is 14.0. The fourth-order valence-corrected chi connectivity index (χ4v) is 5.33. The number of hydrogen-bond acceptors (Lipinski definition) is 3. The van der Waals surface area contributed by atoms with E-state index in [2.05, 4.69) is 34.3 Å². The lowest BCUT2D eigenvalue weighted by molar-refractivity contribution is 0.0407. The van der Waals surface area contributed by atoms with Crippen LogP contribution in [-0.4, -0.2) is 73.7 Å². The molecule has 5 nitrogen and oxygen atoms in total. The average Bonchev–Trinajstić information content (AvgIpc) is 3.19. The van der Waals surface area contributed by atoms with E-state index in [-0.39, 0.29) is 24.0 Å². The fourth-order valence-electron chi connectivity index (χ4n) is 5.33. The maximum atomic E-state index is 5.12. The Morgan fingerprint density at radius 2 is 1.68 bits per heavy atom. The Bertz CT molecular complexity index is 458. The van der Waals surface area contributed by atoms with E-state index >= 15 is 0 Å².